The van der Waals surface area contributed by atoms with E-state index in [1.807, 2.05) is 31.3 Å². The number of hydrogen-bond acceptors (Lipinski definition) is 4. The van der Waals surface area contributed by atoms with Crippen LogP contribution in [0, 0.1) is 24.0 Å². The second-order valence-corrected chi connectivity index (χ2v) is 5.81. The highest BCUT2D eigenvalue weighted by atomic mass is 16.6. The lowest BCUT2D eigenvalue weighted by Gasteiger charge is -2.15. The summed E-state index contributed by atoms with van der Waals surface area (Å²) < 4.78 is 7.16. The van der Waals surface area contributed by atoms with Gasteiger partial charge < -0.3 is 9.64 Å². The van der Waals surface area contributed by atoms with E-state index in [1.54, 1.807) is 24.6 Å². The SMILES string of the molecule is C=CCOc1ccc(C[NH+](C)Cn2nc(C)c([N+](=O)[O-])c2C)cc1. The van der Waals surface area contributed by atoms with Crippen LogP contribution >= 0.6 is 0 Å². The Labute approximate surface area is 141 Å². The predicted molar refractivity (Wildman–Crippen MR) is 91.1 cm³/mol. The first-order chi connectivity index (χ1) is 11.4. The zero-order valence-corrected chi connectivity index (χ0v) is 14.3. The molecule has 7 heteroatoms. The largest absolute Gasteiger partial charge is 0.490 e. The summed E-state index contributed by atoms with van der Waals surface area (Å²) >= 11 is 0. The summed E-state index contributed by atoms with van der Waals surface area (Å²) in [5.41, 5.74) is 2.31. The maximum Gasteiger partial charge on any atom is 0.312 e. The Kier molecular flexibility index (Phi) is 5.70. The summed E-state index contributed by atoms with van der Waals surface area (Å²) in [6.45, 7) is 8.86. The molecule has 2 aromatic rings. The lowest BCUT2D eigenvalue weighted by Crippen LogP contribution is -3.07. The van der Waals surface area contributed by atoms with E-state index in [0.717, 1.165) is 17.9 Å². The summed E-state index contributed by atoms with van der Waals surface area (Å²) in [5.74, 6) is 0.811. The first-order valence-corrected chi connectivity index (χ1v) is 7.74. The van der Waals surface area contributed by atoms with E-state index in [0.29, 0.717) is 24.7 Å². The van der Waals surface area contributed by atoms with Gasteiger partial charge in [0, 0.05) is 5.56 Å². The van der Waals surface area contributed by atoms with Crippen molar-refractivity contribution in [1.29, 1.82) is 0 Å². The van der Waals surface area contributed by atoms with Crippen molar-refractivity contribution in [2.24, 2.45) is 0 Å². The van der Waals surface area contributed by atoms with Crippen LogP contribution in [0.1, 0.15) is 17.0 Å². The van der Waals surface area contributed by atoms with Crippen LogP contribution in [-0.2, 0) is 13.2 Å². The quantitative estimate of drug-likeness (QED) is 0.453. The Morgan fingerprint density at radius 2 is 2.04 bits per heavy atom. The van der Waals surface area contributed by atoms with Crippen molar-refractivity contribution in [2.75, 3.05) is 13.7 Å². The van der Waals surface area contributed by atoms with Crippen LogP contribution in [0.25, 0.3) is 0 Å². The van der Waals surface area contributed by atoms with Gasteiger partial charge in [-0.25, -0.2) is 4.68 Å². The summed E-state index contributed by atoms with van der Waals surface area (Å²) in [6, 6.07) is 7.90. The zero-order valence-electron chi connectivity index (χ0n) is 14.3. The van der Waals surface area contributed by atoms with Crippen LogP contribution < -0.4 is 9.64 Å². The molecule has 0 amide bonds. The minimum Gasteiger partial charge on any atom is -0.490 e. The molecule has 128 valence electrons. The third-order valence-corrected chi connectivity index (χ3v) is 3.74. The molecule has 0 saturated heterocycles. The third-order valence-electron chi connectivity index (χ3n) is 3.74. The Morgan fingerprint density at radius 1 is 1.38 bits per heavy atom. The average Bonchev–Trinajstić information content (AvgIpc) is 2.80. The molecular formula is C17H23N4O3+. The van der Waals surface area contributed by atoms with Crippen molar-refractivity contribution in [3.05, 3.63) is 64.0 Å². The fraction of sp³-hybridized carbons (Fsp3) is 0.353. The molecular weight excluding hydrogens is 308 g/mol. The predicted octanol–water partition coefficient (Wildman–Crippen LogP) is 1.65. The molecule has 1 heterocycles. The number of quaternary nitrogens is 1. The second kappa shape index (κ2) is 7.74. The van der Waals surface area contributed by atoms with Crippen molar-refractivity contribution in [3.63, 3.8) is 0 Å². The van der Waals surface area contributed by atoms with Crippen LogP contribution in [0.15, 0.2) is 36.9 Å². The van der Waals surface area contributed by atoms with E-state index >= 15 is 0 Å². The lowest BCUT2D eigenvalue weighted by atomic mass is 10.2. The van der Waals surface area contributed by atoms with E-state index in [-0.39, 0.29) is 10.6 Å². The van der Waals surface area contributed by atoms with Crippen molar-refractivity contribution in [2.45, 2.75) is 27.1 Å². The minimum atomic E-state index is -0.370. The summed E-state index contributed by atoms with van der Waals surface area (Å²) in [7, 11) is 2.03. The Morgan fingerprint density at radius 3 is 2.58 bits per heavy atom. The van der Waals surface area contributed by atoms with Gasteiger partial charge in [-0.05, 0) is 38.1 Å². The standard InChI is InChI=1S/C17H22N4O3/c1-5-10-24-16-8-6-15(7-9-16)11-19(4)12-20-14(3)17(21(22)23)13(2)18-20/h5-9H,1,10-12H2,2-4H3/p+1. The van der Waals surface area contributed by atoms with Gasteiger partial charge in [0.05, 0.1) is 12.0 Å². The van der Waals surface area contributed by atoms with Gasteiger partial charge in [-0.15, -0.1) is 0 Å². The van der Waals surface area contributed by atoms with E-state index in [1.165, 1.54) is 4.90 Å². The number of nitrogens with zero attached hydrogens (tertiary/aromatic N) is 3. The summed E-state index contributed by atoms with van der Waals surface area (Å²) in [5, 5.41) is 15.4. The van der Waals surface area contributed by atoms with Crippen LogP contribution in [0.4, 0.5) is 5.69 Å². The Hall–Kier alpha value is -2.67. The molecule has 24 heavy (non-hydrogen) atoms. The van der Waals surface area contributed by atoms with Gasteiger partial charge >= 0.3 is 5.69 Å². The third kappa shape index (κ3) is 4.20. The molecule has 0 radical (unpaired) electrons. The van der Waals surface area contributed by atoms with Crippen LogP contribution in [0.3, 0.4) is 0 Å². The van der Waals surface area contributed by atoms with Gasteiger partial charge in [-0.1, -0.05) is 12.7 Å². The maximum atomic E-state index is 11.1. The van der Waals surface area contributed by atoms with Gasteiger partial charge in [0.25, 0.3) is 0 Å². The fourth-order valence-electron chi connectivity index (χ4n) is 2.62. The number of rotatable bonds is 8. The fourth-order valence-corrected chi connectivity index (χ4v) is 2.62. The van der Waals surface area contributed by atoms with Gasteiger partial charge in [-0.3, -0.25) is 10.1 Å². The molecule has 1 unspecified atom stereocenters. The molecule has 1 N–H and O–H groups in total. The van der Waals surface area contributed by atoms with Gasteiger partial charge in [0.1, 0.15) is 30.3 Å². The maximum absolute atomic E-state index is 11.1. The van der Waals surface area contributed by atoms with Crippen LogP contribution in [0.5, 0.6) is 5.75 Å². The minimum absolute atomic E-state index is 0.103. The van der Waals surface area contributed by atoms with E-state index < -0.39 is 0 Å². The van der Waals surface area contributed by atoms with E-state index in [2.05, 4.69) is 11.7 Å². The molecule has 0 saturated carbocycles. The normalized spacial score (nSPS) is 12.0. The second-order valence-electron chi connectivity index (χ2n) is 5.81. The molecule has 2 rings (SSSR count). The van der Waals surface area contributed by atoms with Gasteiger partial charge in [-0.2, -0.15) is 5.10 Å². The van der Waals surface area contributed by atoms with Gasteiger partial charge in [0.2, 0.25) is 0 Å². The zero-order chi connectivity index (χ0) is 17.7. The highest BCUT2D eigenvalue weighted by Crippen LogP contribution is 2.21. The van der Waals surface area contributed by atoms with Crippen molar-refractivity contribution < 1.29 is 14.6 Å². The van der Waals surface area contributed by atoms with Gasteiger partial charge in [0.15, 0.2) is 6.67 Å². The average molecular weight is 331 g/mol. The smallest absolute Gasteiger partial charge is 0.312 e. The topological polar surface area (TPSA) is 74.6 Å². The molecule has 0 aliphatic rings. The van der Waals surface area contributed by atoms with E-state index in [9.17, 15) is 10.1 Å². The monoisotopic (exact) mass is 331 g/mol. The highest BCUT2D eigenvalue weighted by Gasteiger charge is 2.23. The molecule has 7 nitrogen and oxygen atoms in total. The van der Waals surface area contributed by atoms with Crippen LogP contribution in [-0.4, -0.2) is 28.4 Å². The first-order valence-electron chi connectivity index (χ1n) is 7.74. The molecule has 1 atom stereocenters. The number of nitro groups is 1. The number of nitrogens with one attached hydrogen (secondary N) is 1. The molecule has 0 aliphatic carbocycles. The summed E-state index contributed by atoms with van der Waals surface area (Å²) in [6.07, 6.45) is 1.71. The first kappa shape index (κ1) is 17.7. The van der Waals surface area contributed by atoms with Crippen molar-refractivity contribution in [3.8, 4) is 5.75 Å². The highest BCUT2D eigenvalue weighted by molar-refractivity contribution is 5.39. The summed E-state index contributed by atoms with van der Waals surface area (Å²) in [4.78, 5) is 11.9. The van der Waals surface area contributed by atoms with Crippen LogP contribution in [0.2, 0.25) is 0 Å². The Bertz CT molecular complexity index is 722. The lowest BCUT2D eigenvalue weighted by molar-refractivity contribution is -0.917. The molecule has 1 aromatic carbocycles. The molecule has 0 aliphatic heterocycles. The molecule has 0 spiro atoms. The molecule has 0 fully saturated rings. The number of aryl methyl sites for hydroxylation is 1. The molecule has 0 bridgehead atoms. The number of benzene rings is 1. The molecule has 1 aromatic heterocycles. The van der Waals surface area contributed by atoms with Crippen molar-refractivity contribution >= 4 is 5.69 Å². The number of aromatic nitrogens is 2. The Balaban J connectivity index is 2.00. The van der Waals surface area contributed by atoms with Crippen molar-refractivity contribution in [1.82, 2.24) is 9.78 Å². The van der Waals surface area contributed by atoms with E-state index in [4.69, 9.17) is 4.74 Å². The number of ether oxygens (including phenoxy) is 1. The number of hydrogen-bond donors (Lipinski definition) is 1.